The van der Waals surface area contributed by atoms with E-state index in [1.54, 1.807) is 0 Å². The Bertz CT molecular complexity index is 1880. The van der Waals surface area contributed by atoms with Crippen molar-refractivity contribution in [3.05, 3.63) is 83.7 Å². The average molecular weight is 735 g/mol. The largest absolute Gasteiger partial charge is 0.573 e. The second kappa shape index (κ2) is 14.7. The molecular weight excluding hydrogens is 703 g/mol. The van der Waals surface area contributed by atoms with E-state index in [0.29, 0.717) is 5.56 Å². The second-order valence-corrected chi connectivity index (χ2v) is 14.5. The van der Waals surface area contributed by atoms with Crippen molar-refractivity contribution < 1.29 is 57.9 Å². The van der Waals surface area contributed by atoms with Crippen LogP contribution in [0.4, 0.5) is 22.0 Å². The van der Waals surface area contributed by atoms with Crippen molar-refractivity contribution >= 4 is 31.9 Å². The molecule has 0 spiro atoms. The summed E-state index contributed by atoms with van der Waals surface area (Å²) in [5.74, 6) is -5.44. The number of rotatable bonds is 12. The van der Waals surface area contributed by atoms with Gasteiger partial charge >= 0.3 is 12.3 Å². The lowest BCUT2D eigenvalue weighted by Crippen LogP contribution is -2.57. The van der Waals surface area contributed by atoms with Crippen LogP contribution < -0.4 is 14.8 Å². The van der Waals surface area contributed by atoms with Gasteiger partial charge in [0, 0.05) is 43.5 Å². The van der Waals surface area contributed by atoms with E-state index in [9.17, 15) is 48.4 Å². The summed E-state index contributed by atoms with van der Waals surface area (Å²) in [6.07, 6.45) is -3.89. The number of alkyl halides is 5. The minimum atomic E-state index is -5.02. The Labute approximate surface area is 278 Å². The Balaban J connectivity index is 1.59. The SMILES string of the molecule is CCC(F)(F)c1ccc(CNC(=O)[C@H]2C[C@H](NS(=O)(=O)c3cncc(C(=O)OC)c3)CCN2S(=O)(=O)c2ccc(OC(F)(F)F)cc2)cc1. The highest BCUT2D eigenvalue weighted by Gasteiger charge is 2.42. The van der Waals surface area contributed by atoms with E-state index in [4.69, 9.17) is 0 Å². The number of piperidine rings is 1. The maximum Gasteiger partial charge on any atom is 0.573 e. The van der Waals surface area contributed by atoms with Gasteiger partial charge in [0.25, 0.3) is 5.92 Å². The molecule has 1 amide bonds. The van der Waals surface area contributed by atoms with Gasteiger partial charge in [-0.15, -0.1) is 13.2 Å². The number of nitrogens with one attached hydrogen (secondary N) is 2. The molecule has 1 fully saturated rings. The number of aromatic nitrogens is 1. The number of carbonyl (C=O) groups excluding carboxylic acids is 2. The molecule has 0 unspecified atom stereocenters. The zero-order chi connectivity index (χ0) is 36.2. The fourth-order valence-corrected chi connectivity index (χ4v) is 7.87. The van der Waals surface area contributed by atoms with Gasteiger partial charge in [-0.05, 0) is 48.7 Å². The minimum absolute atomic E-state index is 0.130. The summed E-state index contributed by atoms with van der Waals surface area (Å²) in [5.41, 5.74) is 0.0232. The Kier molecular flexibility index (Phi) is 11.3. The second-order valence-electron chi connectivity index (χ2n) is 10.9. The molecule has 0 bridgehead atoms. The third-order valence-corrected chi connectivity index (χ3v) is 11.0. The van der Waals surface area contributed by atoms with Crippen LogP contribution in [0.2, 0.25) is 0 Å². The first-order valence-electron chi connectivity index (χ1n) is 14.5. The van der Waals surface area contributed by atoms with Gasteiger partial charge in [0.2, 0.25) is 26.0 Å². The van der Waals surface area contributed by atoms with Crippen molar-refractivity contribution in [1.82, 2.24) is 19.3 Å². The van der Waals surface area contributed by atoms with Crippen LogP contribution in [0, 0.1) is 0 Å². The molecule has 1 saturated heterocycles. The van der Waals surface area contributed by atoms with Gasteiger partial charge in [-0.1, -0.05) is 31.2 Å². The molecule has 1 aliphatic rings. The van der Waals surface area contributed by atoms with Gasteiger partial charge in [-0.2, -0.15) is 4.31 Å². The van der Waals surface area contributed by atoms with Crippen LogP contribution in [0.25, 0.3) is 0 Å². The number of hydrogen-bond acceptors (Lipinski definition) is 9. The summed E-state index contributed by atoms with van der Waals surface area (Å²) < 4.78 is 131. The molecule has 12 nitrogen and oxygen atoms in total. The van der Waals surface area contributed by atoms with E-state index in [-0.39, 0.29) is 30.5 Å². The maximum absolute atomic E-state index is 14.0. The number of esters is 1. The van der Waals surface area contributed by atoms with Gasteiger partial charge in [0.1, 0.15) is 16.7 Å². The fourth-order valence-electron chi connectivity index (χ4n) is 4.99. The molecule has 2 heterocycles. The van der Waals surface area contributed by atoms with E-state index in [1.165, 1.54) is 31.2 Å². The molecule has 1 aromatic heterocycles. The predicted octanol–water partition coefficient (Wildman–Crippen LogP) is 4.09. The lowest BCUT2D eigenvalue weighted by Gasteiger charge is -2.37. The van der Waals surface area contributed by atoms with E-state index in [0.717, 1.165) is 54.1 Å². The Morgan fingerprint density at radius 3 is 2.20 bits per heavy atom. The van der Waals surface area contributed by atoms with Crippen molar-refractivity contribution in [1.29, 1.82) is 0 Å². The highest BCUT2D eigenvalue weighted by molar-refractivity contribution is 7.89. The third-order valence-electron chi connectivity index (χ3n) is 7.57. The van der Waals surface area contributed by atoms with E-state index in [2.05, 4.69) is 24.5 Å². The molecule has 2 aromatic carbocycles. The van der Waals surface area contributed by atoms with Gasteiger partial charge < -0.3 is 14.8 Å². The summed E-state index contributed by atoms with van der Waals surface area (Å²) in [4.78, 5) is 28.3. The Morgan fingerprint density at radius 2 is 1.61 bits per heavy atom. The zero-order valence-electron chi connectivity index (χ0n) is 25.9. The first-order chi connectivity index (χ1) is 22.9. The quantitative estimate of drug-likeness (QED) is 0.206. The van der Waals surface area contributed by atoms with Gasteiger partial charge in [0.05, 0.1) is 17.6 Å². The number of nitrogens with zero attached hydrogens (tertiary/aromatic N) is 2. The fraction of sp³-hybridized carbons (Fsp3) is 0.367. The smallest absolute Gasteiger partial charge is 0.465 e. The van der Waals surface area contributed by atoms with Crippen molar-refractivity contribution in [3.8, 4) is 5.75 Å². The van der Waals surface area contributed by atoms with Crippen LogP contribution in [0.5, 0.6) is 5.75 Å². The number of sulfonamides is 2. The normalized spacial score (nSPS) is 17.7. The average Bonchev–Trinajstić information content (AvgIpc) is 3.06. The number of amides is 1. The first-order valence-corrected chi connectivity index (χ1v) is 17.5. The van der Waals surface area contributed by atoms with Crippen LogP contribution in [0.1, 0.15) is 47.7 Å². The number of benzene rings is 2. The Hall–Kier alpha value is -4.20. The van der Waals surface area contributed by atoms with Crippen molar-refractivity contribution in [3.63, 3.8) is 0 Å². The molecule has 0 saturated carbocycles. The molecule has 0 radical (unpaired) electrons. The van der Waals surface area contributed by atoms with Crippen LogP contribution in [0.15, 0.2) is 76.8 Å². The molecule has 0 aliphatic carbocycles. The van der Waals surface area contributed by atoms with Gasteiger partial charge in [0.15, 0.2) is 0 Å². The van der Waals surface area contributed by atoms with Crippen LogP contribution in [-0.2, 0) is 42.0 Å². The molecule has 2 N–H and O–H groups in total. The zero-order valence-corrected chi connectivity index (χ0v) is 27.5. The maximum atomic E-state index is 14.0. The first kappa shape index (κ1) is 37.6. The molecular formula is C30H31F5N4O8S2. The standard InChI is InChI=1S/C30H31F5N4O8S2/c1-3-29(31,32)21-6-4-19(5-7-21)16-37-27(40)26-15-22(38-48(42,43)25-14-20(17-36-18-25)28(41)46-2)12-13-39(26)49(44,45)24-10-8-23(9-11-24)47-30(33,34)35/h4-11,14,17-18,22,26,38H,3,12-13,15-16H2,1-2H3,(H,37,40)/t22-,26-/m1/s1. The highest BCUT2D eigenvalue weighted by Crippen LogP contribution is 2.32. The van der Waals surface area contributed by atoms with E-state index in [1.807, 2.05) is 0 Å². The van der Waals surface area contributed by atoms with Gasteiger partial charge in [-0.3, -0.25) is 9.78 Å². The number of methoxy groups -OCH3 is 1. The molecule has 1 aliphatic heterocycles. The predicted molar refractivity (Wildman–Crippen MR) is 162 cm³/mol. The Morgan fingerprint density at radius 1 is 0.959 bits per heavy atom. The van der Waals surface area contributed by atoms with E-state index >= 15 is 0 Å². The topological polar surface area (TPSA) is 161 Å². The summed E-state index contributed by atoms with van der Waals surface area (Å²) >= 11 is 0. The van der Waals surface area contributed by atoms with Crippen molar-refractivity contribution in [2.24, 2.45) is 0 Å². The van der Waals surface area contributed by atoms with Gasteiger partial charge in [-0.25, -0.2) is 35.1 Å². The summed E-state index contributed by atoms with van der Waals surface area (Å²) in [6, 6.07) is 6.94. The lowest BCUT2D eigenvalue weighted by molar-refractivity contribution is -0.274. The number of ether oxygens (including phenoxy) is 2. The molecule has 4 rings (SSSR count). The van der Waals surface area contributed by atoms with Crippen LogP contribution in [-0.4, -0.2) is 70.1 Å². The number of halogens is 5. The number of hydrogen-bond donors (Lipinski definition) is 2. The molecule has 3 aromatic rings. The van der Waals surface area contributed by atoms with Crippen molar-refractivity contribution in [2.75, 3.05) is 13.7 Å². The molecule has 19 heteroatoms. The number of carbonyl (C=O) groups is 2. The molecule has 2 atom stereocenters. The third kappa shape index (κ3) is 9.28. The highest BCUT2D eigenvalue weighted by atomic mass is 32.2. The summed E-state index contributed by atoms with van der Waals surface area (Å²) in [6.45, 7) is 0.731. The van der Waals surface area contributed by atoms with Crippen LogP contribution in [0.3, 0.4) is 0 Å². The van der Waals surface area contributed by atoms with Crippen LogP contribution >= 0.6 is 0 Å². The lowest BCUT2D eigenvalue weighted by atomic mass is 9.99. The molecule has 266 valence electrons. The number of pyridine rings is 1. The van der Waals surface area contributed by atoms with E-state index < -0.39 is 84.8 Å². The van der Waals surface area contributed by atoms with Crippen molar-refractivity contribution in [2.45, 2.75) is 66.9 Å². The summed E-state index contributed by atoms with van der Waals surface area (Å²) in [5, 5.41) is 2.55. The molecule has 49 heavy (non-hydrogen) atoms. The summed E-state index contributed by atoms with van der Waals surface area (Å²) in [7, 11) is -7.81. The monoisotopic (exact) mass is 734 g/mol. The minimum Gasteiger partial charge on any atom is -0.465 e.